The van der Waals surface area contributed by atoms with Crippen LogP contribution in [0.15, 0.2) is 53.8 Å². The Morgan fingerprint density at radius 3 is 2.52 bits per heavy atom. The van der Waals surface area contributed by atoms with Gasteiger partial charge in [-0.15, -0.1) is 0 Å². The standard InChI is InChI=1S/C17H20N4/c1-4-12-21(13-5-1)16-9-7-15(8-10-16)14-19-20-17-6-2-3-11-18-17/h2-3,6-11,14H,1,4-5,12-13H2,(H,18,20)/b19-14-. The van der Waals surface area contributed by atoms with Crippen LogP contribution in [0, 0.1) is 0 Å². The van der Waals surface area contributed by atoms with Gasteiger partial charge in [-0.25, -0.2) is 4.98 Å². The zero-order valence-corrected chi connectivity index (χ0v) is 12.1. The van der Waals surface area contributed by atoms with E-state index in [2.05, 4.69) is 44.7 Å². The molecule has 1 aromatic heterocycles. The molecule has 0 radical (unpaired) electrons. The molecule has 3 rings (SSSR count). The van der Waals surface area contributed by atoms with E-state index in [1.807, 2.05) is 24.4 Å². The SMILES string of the molecule is C(=N/Nc1ccccn1)/c1ccc(N2CCCCC2)cc1. The van der Waals surface area contributed by atoms with Crippen LogP contribution in [0.5, 0.6) is 0 Å². The van der Waals surface area contributed by atoms with E-state index in [-0.39, 0.29) is 0 Å². The van der Waals surface area contributed by atoms with Crippen LogP contribution in [0.4, 0.5) is 11.5 Å². The van der Waals surface area contributed by atoms with Gasteiger partial charge in [-0.05, 0) is 49.1 Å². The predicted molar refractivity (Wildman–Crippen MR) is 88.0 cm³/mol. The van der Waals surface area contributed by atoms with E-state index in [4.69, 9.17) is 0 Å². The molecule has 108 valence electrons. The Labute approximate surface area is 125 Å². The Bertz CT molecular complexity index is 571. The van der Waals surface area contributed by atoms with Crippen LogP contribution in [-0.4, -0.2) is 24.3 Å². The van der Waals surface area contributed by atoms with Crippen LogP contribution in [0.1, 0.15) is 24.8 Å². The maximum Gasteiger partial charge on any atom is 0.146 e. The molecule has 4 nitrogen and oxygen atoms in total. The molecule has 2 heterocycles. The number of nitrogens with zero attached hydrogens (tertiary/aromatic N) is 3. The number of piperidine rings is 1. The Kier molecular flexibility index (Phi) is 4.46. The zero-order chi connectivity index (χ0) is 14.3. The van der Waals surface area contributed by atoms with Gasteiger partial charge in [-0.2, -0.15) is 5.10 Å². The number of nitrogens with one attached hydrogen (secondary N) is 1. The first-order valence-electron chi connectivity index (χ1n) is 7.47. The van der Waals surface area contributed by atoms with E-state index in [1.54, 1.807) is 6.20 Å². The summed E-state index contributed by atoms with van der Waals surface area (Å²) < 4.78 is 0. The van der Waals surface area contributed by atoms with E-state index in [0.717, 1.165) is 11.4 Å². The molecule has 1 aromatic carbocycles. The largest absolute Gasteiger partial charge is 0.372 e. The van der Waals surface area contributed by atoms with Crippen molar-refractivity contribution in [2.75, 3.05) is 23.4 Å². The predicted octanol–water partition coefficient (Wildman–Crippen LogP) is 3.52. The van der Waals surface area contributed by atoms with Crippen molar-refractivity contribution in [3.8, 4) is 0 Å². The second-order valence-electron chi connectivity index (χ2n) is 5.22. The molecule has 0 bridgehead atoms. The number of benzene rings is 1. The number of anilines is 2. The highest BCUT2D eigenvalue weighted by atomic mass is 15.3. The number of rotatable bonds is 4. The minimum atomic E-state index is 0.749. The highest BCUT2D eigenvalue weighted by Crippen LogP contribution is 2.19. The second kappa shape index (κ2) is 6.88. The van der Waals surface area contributed by atoms with Gasteiger partial charge in [0.1, 0.15) is 5.82 Å². The molecule has 0 amide bonds. The van der Waals surface area contributed by atoms with Crippen LogP contribution < -0.4 is 10.3 Å². The lowest BCUT2D eigenvalue weighted by Gasteiger charge is -2.28. The Hall–Kier alpha value is -2.36. The summed E-state index contributed by atoms with van der Waals surface area (Å²) in [6.45, 7) is 2.35. The highest BCUT2D eigenvalue weighted by Gasteiger charge is 2.09. The molecular weight excluding hydrogens is 260 g/mol. The van der Waals surface area contributed by atoms with Crippen LogP contribution >= 0.6 is 0 Å². The first kappa shape index (κ1) is 13.6. The summed E-state index contributed by atoms with van der Waals surface area (Å²) in [5.74, 6) is 0.749. The van der Waals surface area contributed by atoms with E-state index in [0.29, 0.717) is 0 Å². The van der Waals surface area contributed by atoms with Crippen molar-refractivity contribution in [3.05, 3.63) is 54.2 Å². The molecule has 0 atom stereocenters. The number of pyridine rings is 1. The number of hydrogen-bond acceptors (Lipinski definition) is 4. The summed E-state index contributed by atoms with van der Waals surface area (Å²) in [6, 6.07) is 14.3. The van der Waals surface area contributed by atoms with Gasteiger partial charge in [0, 0.05) is 25.0 Å². The zero-order valence-electron chi connectivity index (χ0n) is 12.1. The number of hydrogen-bond donors (Lipinski definition) is 1. The van der Waals surface area contributed by atoms with Gasteiger partial charge in [0.25, 0.3) is 0 Å². The maximum atomic E-state index is 4.20. The molecule has 0 aliphatic carbocycles. The molecule has 0 unspecified atom stereocenters. The van der Waals surface area contributed by atoms with Gasteiger partial charge in [0.05, 0.1) is 6.21 Å². The topological polar surface area (TPSA) is 40.5 Å². The summed E-state index contributed by atoms with van der Waals surface area (Å²) in [5, 5.41) is 4.20. The van der Waals surface area contributed by atoms with Crippen molar-refractivity contribution in [1.82, 2.24) is 4.98 Å². The first-order chi connectivity index (χ1) is 10.4. The fraction of sp³-hybridized carbons (Fsp3) is 0.294. The average Bonchev–Trinajstić information content (AvgIpc) is 2.57. The lowest BCUT2D eigenvalue weighted by Crippen LogP contribution is -2.29. The van der Waals surface area contributed by atoms with Gasteiger partial charge >= 0.3 is 0 Å². The minimum Gasteiger partial charge on any atom is -0.372 e. The summed E-state index contributed by atoms with van der Waals surface area (Å²) in [7, 11) is 0. The third-order valence-corrected chi connectivity index (χ3v) is 3.67. The van der Waals surface area contributed by atoms with Gasteiger partial charge < -0.3 is 4.90 Å². The van der Waals surface area contributed by atoms with Crippen molar-refractivity contribution in [2.45, 2.75) is 19.3 Å². The van der Waals surface area contributed by atoms with Crippen LogP contribution in [0.3, 0.4) is 0 Å². The maximum absolute atomic E-state index is 4.20. The fourth-order valence-corrected chi connectivity index (χ4v) is 2.53. The average molecular weight is 280 g/mol. The van der Waals surface area contributed by atoms with Gasteiger partial charge in [0.2, 0.25) is 0 Å². The Morgan fingerprint density at radius 1 is 1.00 bits per heavy atom. The lowest BCUT2D eigenvalue weighted by atomic mass is 10.1. The highest BCUT2D eigenvalue weighted by molar-refractivity contribution is 5.80. The summed E-state index contributed by atoms with van der Waals surface area (Å²) >= 11 is 0. The molecule has 1 aliphatic heterocycles. The number of hydrazone groups is 1. The molecule has 0 saturated carbocycles. The van der Waals surface area contributed by atoms with E-state index in [1.165, 1.54) is 38.0 Å². The van der Waals surface area contributed by atoms with Crippen LogP contribution in [0.2, 0.25) is 0 Å². The second-order valence-corrected chi connectivity index (χ2v) is 5.22. The summed E-state index contributed by atoms with van der Waals surface area (Å²) in [5.41, 5.74) is 5.31. The molecule has 1 saturated heterocycles. The monoisotopic (exact) mass is 280 g/mol. The molecule has 21 heavy (non-hydrogen) atoms. The van der Waals surface area contributed by atoms with Crippen molar-refractivity contribution < 1.29 is 0 Å². The third kappa shape index (κ3) is 3.81. The molecule has 1 N–H and O–H groups in total. The van der Waals surface area contributed by atoms with Crippen LogP contribution in [0.25, 0.3) is 0 Å². The quantitative estimate of drug-likeness (QED) is 0.688. The van der Waals surface area contributed by atoms with Crippen LogP contribution in [-0.2, 0) is 0 Å². The molecule has 1 fully saturated rings. The number of aromatic nitrogens is 1. The first-order valence-corrected chi connectivity index (χ1v) is 7.47. The van der Waals surface area contributed by atoms with Gasteiger partial charge in [0.15, 0.2) is 0 Å². The molecule has 2 aromatic rings. The normalized spacial score (nSPS) is 15.3. The van der Waals surface area contributed by atoms with Crippen molar-refractivity contribution in [1.29, 1.82) is 0 Å². The smallest absolute Gasteiger partial charge is 0.146 e. The van der Waals surface area contributed by atoms with Crippen molar-refractivity contribution >= 4 is 17.7 Å². The third-order valence-electron chi connectivity index (χ3n) is 3.67. The van der Waals surface area contributed by atoms with Crippen molar-refractivity contribution in [3.63, 3.8) is 0 Å². The van der Waals surface area contributed by atoms with E-state index < -0.39 is 0 Å². The lowest BCUT2D eigenvalue weighted by molar-refractivity contribution is 0.578. The summed E-state index contributed by atoms with van der Waals surface area (Å²) in [4.78, 5) is 6.61. The van der Waals surface area contributed by atoms with Gasteiger partial charge in [-0.1, -0.05) is 18.2 Å². The molecular formula is C17H20N4. The molecule has 0 spiro atoms. The molecule has 4 heteroatoms. The Morgan fingerprint density at radius 2 is 1.81 bits per heavy atom. The van der Waals surface area contributed by atoms with Crippen molar-refractivity contribution in [2.24, 2.45) is 5.10 Å². The minimum absolute atomic E-state index is 0.749. The molecule has 1 aliphatic rings. The fourth-order valence-electron chi connectivity index (χ4n) is 2.53. The van der Waals surface area contributed by atoms with E-state index in [9.17, 15) is 0 Å². The summed E-state index contributed by atoms with van der Waals surface area (Å²) in [6.07, 6.45) is 7.52. The van der Waals surface area contributed by atoms with E-state index >= 15 is 0 Å². The Balaban J connectivity index is 1.59. The van der Waals surface area contributed by atoms with Gasteiger partial charge in [-0.3, -0.25) is 5.43 Å².